The number of hydrogen-bond acceptors (Lipinski definition) is 3. The van der Waals surface area contributed by atoms with Crippen molar-refractivity contribution in [1.29, 1.82) is 0 Å². The zero-order chi connectivity index (χ0) is 13.3. The smallest absolute Gasteiger partial charge is 0.258 e. The monoisotopic (exact) mass is 272 g/mol. The molecule has 0 radical (unpaired) electrons. The molecule has 0 N–H and O–H groups in total. The van der Waals surface area contributed by atoms with Crippen LogP contribution in [0.25, 0.3) is 0 Å². The van der Waals surface area contributed by atoms with Gasteiger partial charge in [-0.05, 0) is 17.7 Å². The van der Waals surface area contributed by atoms with E-state index in [4.69, 9.17) is 0 Å². The molecule has 4 nitrogen and oxygen atoms in total. The number of pyridine rings is 1. The van der Waals surface area contributed by atoms with Crippen molar-refractivity contribution in [2.45, 2.75) is 17.7 Å². The van der Waals surface area contributed by atoms with E-state index in [1.54, 1.807) is 0 Å². The summed E-state index contributed by atoms with van der Waals surface area (Å²) in [5.41, 5.74) is -0.837. The number of nitro groups is 1. The minimum Gasteiger partial charge on any atom is -0.258 e. The molecular weight excluding hydrogens is 268 g/mol. The lowest BCUT2D eigenvalue weighted by atomic mass is 10.1. The Balaban J connectivity index is 2.86. The molecule has 17 heavy (non-hydrogen) atoms. The summed E-state index contributed by atoms with van der Waals surface area (Å²) in [5, 5.41) is 5.54. The van der Waals surface area contributed by atoms with Crippen molar-refractivity contribution >= 4 is 17.3 Å². The van der Waals surface area contributed by atoms with Crippen LogP contribution in [0.3, 0.4) is 0 Å². The molecule has 0 saturated heterocycles. The van der Waals surface area contributed by atoms with Crippen molar-refractivity contribution in [3.8, 4) is 0 Å². The molecule has 0 spiro atoms. The largest absolute Gasteiger partial charge is 0.384 e. The molecule has 0 aromatic carbocycles. The fourth-order valence-electron chi connectivity index (χ4n) is 0.957. The SMILES string of the molecule is O=[N+]([O-])c1ccc(CC(F)(F)C(F)(F)Cl)nc1. The molecule has 0 saturated carbocycles. The second-order valence-electron chi connectivity index (χ2n) is 3.14. The summed E-state index contributed by atoms with van der Waals surface area (Å²) in [7, 11) is 0. The first-order valence-corrected chi connectivity index (χ1v) is 4.55. The number of halogens is 5. The second-order valence-corrected chi connectivity index (χ2v) is 3.62. The van der Waals surface area contributed by atoms with Gasteiger partial charge in [0.15, 0.2) is 0 Å². The normalized spacial score (nSPS) is 12.5. The molecule has 0 fully saturated rings. The van der Waals surface area contributed by atoms with E-state index in [1.807, 2.05) is 0 Å². The molecule has 0 unspecified atom stereocenters. The van der Waals surface area contributed by atoms with Gasteiger partial charge in [-0.25, -0.2) is 0 Å². The maximum atomic E-state index is 12.8. The van der Waals surface area contributed by atoms with Gasteiger partial charge < -0.3 is 0 Å². The number of hydrogen-bond donors (Lipinski definition) is 0. The third-order valence-corrected chi connectivity index (χ3v) is 2.11. The Morgan fingerprint density at radius 1 is 1.35 bits per heavy atom. The summed E-state index contributed by atoms with van der Waals surface area (Å²) in [6.45, 7) is 0. The molecule has 1 aromatic heterocycles. The van der Waals surface area contributed by atoms with Crippen molar-refractivity contribution in [1.82, 2.24) is 4.98 Å². The van der Waals surface area contributed by atoms with E-state index >= 15 is 0 Å². The molecule has 0 aliphatic rings. The quantitative estimate of drug-likeness (QED) is 0.366. The van der Waals surface area contributed by atoms with Crippen molar-refractivity contribution in [3.63, 3.8) is 0 Å². The van der Waals surface area contributed by atoms with Crippen LogP contribution in [-0.2, 0) is 6.42 Å². The van der Waals surface area contributed by atoms with E-state index in [0.29, 0.717) is 6.20 Å². The Morgan fingerprint density at radius 2 is 1.94 bits per heavy atom. The zero-order valence-corrected chi connectivity index (χ0v) is 8.80. The Kier molecular flexibility index (Phi) is 3.56. The van der Waals surface area contributed by atoms with Gasteiger partial charge in [0.1, 0.15) is 6.20 Å². The summed E-state index contributed by atoms with van der Waals surface area (Å²) < 4.78 is 50.2. The number of aromatic nitrogens is 1. The third-order valence-electron chi connectivity index (χ3n) is 1.84. The van der Waals surface area contributed by atoms with E-state index < -0.39 is 34.0 Å². The lowest BCUT2D eigenvalue weighted by molar-refractivity contribution is -0.385. The van der Waals surface area contributed by atoms with Gasteiger partial charge in [0.05, 0.1) is 11.3 Å². The Bertz CT molecular complexity index is 419. The summed E-state index contributed by atoms with van der Waals surface area (Å²) in [6, 6.07) is 1.76. The highest BCUT2D eigenvalue weighted by Gasteiger charge is 2.54. The molecular formula is C8H5ClF4N2O2. The molecule has 94 valence electrons. The first-order valence-electron chi connectivity index (χ1n) is 4.17. The molecule has 1 aromatic rings. The van der Waals surface area contributed by atoms with Gasteiger partial charge in [-0.15, -0.1) is 0 Å². The van der Waals surface area contributed by atoms with Gasteiger partial charge in [-0.1, -0.05) is 0 Å². The summed E-state index contributed by atoms with van der Waals surface area (Å²) in [4.78, 5) is 12.7. The van der Waals surface area contributed by atoms with Crippen LogP contribution in [-0.4, -0.2) is 21.2 Å². The Hall–Kier alpha value is -1.44. The predicted molar refractivity (Wildman–Crippen MR) is 50.3 cm³/mol. The van der Waals surface area contributed by atoms with Gasteiger partial charge in [-0.2, -0.15) is 17.6 Å². The third kappa shape index (κ3) is 3.26. The molecule has 0 bridgehead atoms. The van der Waals surface area contributed by atoms with E-state index in [9.17, 15) is 27.7 Å². The summed E-state index contributed by atoms with van der Waals surface area (Å²) in [5.74, 6) is -4.47. The first-order chi connectivity index (χ1) is 7.63. The van der Waals surface area contributed by atoms with E-state index in [2.05, 4.69) is 16.6 Å². The maximum Gasteiger partial charge on any atom is 0.384 e. The van der Waals surface area contributed by atoms with Crippen LogP contribution >= 0.6 is 11.6 Å². The number of alkyl halides is 5. The number of nitrogens with zero attached hydrogens (tertiary/aromatic N) is 2. The average molecular weight is 273 g/mol. The highest BCUT2D eigenvalue weighted by Crippen LogP contribution is 2.39. The minimum absolute atomic E-state index is 0.416. The molecule has 0 atom stereocenters. The highest BCUT2D eigenvalue weighted by molar-refractivity contribution is 6.22. The lowest BCUT2D eigenvalue weighted by Gasteiger charge is -2.20. The summed E-state index contributed by atoms with van der Waals surface area (Å²) >= 11 is 4.24. The topological polar surface area (TPSA) is 56.0 Å². The van der Waals surface area contributed by atoms with Gasteiger partial charge in [0.2, 0.25) is 0 Å². The molecule has 1 rings (SSSR count). The lowest BCUT2D eigenvalue weighted by Crippen LogP contribution is -2.37. The van der Waals surface area contributed by atoms with Crippen molar-refractivity contribution < 1.29 is 22.5 Å². The Labute approximate surface area is 97.4 Å². The van der Waals surface area contributed by atoms with Crippen molar-refractivity contribution in [2.24, 2.45) is 0 Å². The van der Waals surface area contributed by atoms with Gasteiger partial charge in [-0.3, -0.25) is 15.1 Å². The van der Waals surface area contributed by atoms with Crippen LogP contribution in [0.1, 0.15) is 5.69 Å². The van der Waals surface area contributed by atoms with E-state index in [0.717, 1.165) is 12.1 Å². The predicted octanol–water partition coefficient (Wildman–Crippen LogP) is 3.00. The molecule has 0 aliphatic heterocycles. The van der Waals surface area contributed by atoms with Crippen LogP contribution < -0.4 is 0 Å². The van der Waals surface area contributed by atoms with Gasteiger partial charge >= 0.3 is 11.3 Å². The molecule has 0 amide bonds. The molecule has 9 heteroatoms. The maximum absolute atomic E-state index is 12.8. The molecule has 1 heterocycles. The van der Waals surface area contributed by atoms with Crippen molar-refractivity contribution in [3.05, 3.63) is 34.1 Å². The fourth-order valence-corrected chi connectivity index (χ4v) is 1.02. The number of rotatable bonds is 4. The van der Waals surface area contributed by atoms with Crippen molar-refractivity contribution in [2.75, 3.05) is 0 Å². The van der Waals surface area contributed by atoms with Gasteiger partial charge in [0.25, 0.3) is 5.69 Å². The second kappa shape index (κ2) is 4.44. The molecule has 0 aliphatic carbocycles. The van der Waals surface area contributed by atoms with Crippen LogP contribution in [0.2, 0.25) is 0 Å². The van der Waals surface area contributed by atoms with Gasteiger partial charge in [0, 0.05) is 11.8 Å². The minimum atomic E-state index is -4.70. The summed E-state index contributed by atoms with van der Waals surface area (Å²) in [6.07, 6.45) is -0.695. The van der Waals surface area contributed by atoms with Crippen LogP contribution in [0.4, 0.5) is 23.2 Å². The zero-order valence-electron chi connectivity index (χ0n) is 8.04. The first kappa shape index (κ1) is 13.6. The standard InChI is InChI=1S/C8H5ClF4N2O2/c9-8(12,13)7(10,11)3-5-1-2-6(4-14-5)15(16)17/h1-2,4H,3H2. The van der Waals surface area contributed by atoms with E-state index in [1.165, 1.54) is 0 Å². The van der Waals surface area contributed by atoms with Crippen LogP contribution in [0.5, 0.6) is 0 Å². The van der Waals surface area contributed by atoms with Crippen LogP contribution in [0, 0.1) is 10.1 Å². The van der Waals surface area contributed by atoms with E-state index in [-0.39, 0.29) is 0 Å². The average Bonchev–Trinajstić information content (AvgIpc) is 2.16. The Morgan fingerprint density at radius 3 is 2.29 bits per heavy atom. The highest BCUT2D eigenvalue weighted by atomic mass is 35.5. The fraction of sp³-hybridized carbons (Fsp3) is 0.375. The van der Waals surface area contributed by atoms with Crippen LogP contribution in [0.15, 0.2) is 18.3 Å².